The van der Waals surface area contributed by atoms with Crippen LogP contribution in [0.2, 0.25) is 0 Å². The molecule has 160 valence electrons. The van der Waals surface area contributed by atoms with Crippen molar-refractivity contribution in [2.24, 2.45) is 0 Å². The molecule has 0 aliphatic carbocycles. The lowest BCUT2D eigenvalue weighted by molar-refractivity contribution is 0.414. The summed E-state index contributed by atoms with van der Waals surface area (Å²) in [4.78, 5) is 4.06. The van der Waals surface area contributed by atoms with Gasteiger partial charge in [-0.15, -0.1) is 6.58 Å². The highest BCUT2D eigenvalue weighted by atomic mass is 32.2. The van der Waals surface area contributed by atoms with Gasteiger partial charge in [0.05, 0.1) is 12.8 Å². The summed E-state index contributed by atoms with van der Waals surface area (Å²) in [5, 5.41) is -0.906. The Morgan fingerprint density at radius 2 is 1.65 bits per heavy atom. The van der Waals surface area contributed by atoms with Crippen LogP contribution in [0.3, 0.4) is 0 Å². The molecule has 0 radical (unpaired) electrons. The fraction of sp³-hybridized carbons (Fsp3) is 0.160. The standard InChI is InChI=1S/C25H26N2O3S/c1-5-25(21-10-12-22(30-4)13-11-21)31(28,29)27-24-9-7-6-8-23(24)19(3)18(2)20-14-16-26-17-15-20/h5-17,25,27H,1H2,2-4H3. The zero-order valence-corrected chi connectivity index (χ0v) is 18.7. The summed E-state index contributed by atoms with van der Waals surface area (Å²) < 4.78 is 34.5. The van der Waals surface area contributed by atoms with Crippen molar-refractivity contribution in [3.8, 4) is 5.75 Å². The van der Waals surface area contributed by atoms with Gasteiger partial charge in [0, 0.05) is 18.0 Å². The maximum Gasteiger partial charge on any atom is 0.243 e. The van der Waals surface area contributed by atoms with Crippen molar-refractivity contribution in [1.82, 2.24) is 4.98 Å². The molecule has 31 heavy (non-hydrogen) atoms. The first-order valence-electron chi connectivity index (χ1n) is 9.82. The third kappa shape index (κ3) is 5.03. The Morgan fingerprint density at radius 1 is 1.00 bits per heavy atom. The highest BCUT2D eigenvalue weighted by Crippen LogP contribution is 2.33. The van der Waals surface area contributed by atoms with Crippen LogP contribution in [0, 0.1) is 0 Å². The molecule has 5 nitrogen and oxygen atoms in total. The predicted octanol–water partition coefficient (Wildman–Crippen LogP) is 5.71. The van der Waals surface area contributed by atoms with E-state index in [1.807, 2.05) is 44.2 Å². The molecular weight excluding hydrogens is 408 g/mol. The average molecular weight is 435 g/mol. The van der Waals surface area contributed by atoms with Crippen LogP contribution in [0.5, 0.6) is 5.75 Å². The van der Waals surface area contributed by atoms with Crippen LogP contribution >= 0.6 is 0 Å². The van der Waals surface area contributed by atoms with E-state index >= 15 is 0 Å². The number of anilines is 1. The molecule has 0 bridgehead atoms. The van der Waals surface area contributed by atoms with Gasteiger partial charge in [-0.2, -0.15) is 0 Å². The first kappa shape index (κ1) is 22.3. The summed E-state index contributed by atoms with van der Waals surface area (Å²) in [5.74, 6) is 0.662. The molecule has 1 N–H and O–H groups in total. The molecule has 0 aliphatic rings. The van der Waals surface area contributed by atoms with E-state index in [9.17, 15) is 8.42 Å². The molecule has 1 unspecified atom stereocenters. The molecule has 0 amide bonds. The van der Waals surface area contributed by atoms with E-state index in [1.54, 1.807) is 49.8 Å². The molecule has 0 aliphatic heterocycles. The number of sulfonamides is 1. The van der Waals surface area contributed by atoms with Gasteiger partial charge in [0.25, 0.3) is 0 Å². The van der Waals surface area contributed by atoms with Crippen LogP contribution in [0.4, 0.5) is 5.69 Å². The van der Waals surface area contributed by atoms with E-state index in [4.69, 9.17) is 4.74 Å². The number of aromatic nitrogens is 1. The van der Waals surface area contributed by atoms with Crippen LogP contribution in [-0.4, -0.2) is 20.5 Å². The van der Waals surface area contributed by atoms with Crippen molar-refractivity contribution < 1.29 is 13.2 Å². The topological polar surface area (TPSA) is 68.3 Å². The van der Waals surface area contributed by atoms with Crippen molar-refractivity contribution in [1.29, 1.82) is 0 Å². The van der Waals surface area contributed by atoms with Gasteiger partial charge in [-0.05, 0) is 66.5 Å². The molecule has 1 atom stereocenters. The van der Waals surface area contributed by atoms with Gasteiger partial charge >= 0.3 is 0 Å². The second kappa shape index (κ2) is 9.62. The first-order chi connectivity index (χ1) is 14.9. The lowest BCUT2D eigenvalue weighted by Crippen LogP contribution is -2.20. The van der Waals surface area contributed by atoms with Crippen LogP contribution in [-0.2, 0) is 10.0 Å². The summed E-state index contributed by atoms with van der Waals surface area (Å²) in [5.41, 5.74) is 5.01. The summed E-state index contributed by atoms with van der Waals surface area (Å²) in [6.07, 6.45) is 4.91. The first-order valence-corrected chi connectivity index (χ1v) is 11.4. The average Bonchev–Trinajstić information content (AvgIpc) is 2.79. The lowest BCUT2D eigenvalue weighted by Gasteiger charge is -2.19. The molecule has 0 saturated carbocycles. The van der Waals surface area contributed by atoms with E-state index in [0.29, 0.717) is 17.0 Å². The molecular formula is C25H26N2O3S. The Morgan fingerprint density at radius 3 is 2.26 bits per heavy atom. The molecule has 2 aromatic carbocycles. The number of ether oxygens (including phenoxy) is 1. The Balaban J connectivity index is 1.97. The zero-order valence-electron chi connectivity index (χ0n) is 17.9. The van der Waals surface area contributed by atoms with Crippen LogP contribution in [0.25, 0.3) is 11.1 Å². The van der Waals surface area contributed by atoms with Crippen molar-refractivity contribution in [2.75, 3.05) is 11.8 Å². The largest absolute Gasteiger partial charge is 0.497 e. The molecule has 0 fully saturated rings. The second-order valence-corrected chi connectivity index (χ2v) is 8.91. The number of benzene rings is 2. The van der Waals surface area contributed by atoms with E-state index < -0.39 is 15.3 Å². The number of allylic oxidation sites excluding steroid dienone is 2. The predicted molar refractivity (Wildman–Crippen MR) is 127 cm³/mol. The molecule has 6 heteroatoms. The number of nitrogens with zero attached hydrogens (tertiary/aromatic N) is 1. The summed E-state index contributed by atoms with van der Waals surface area (Å²) in [7, 11) is -2.22. The number of rotatable bonds is 8. The van der Waals surface area contributed by atoms with Gasteiger partial charge in [0.2, 0.25) is 10.0 Å². The van der Waals surface area contributed by atoms with E-state index in [0.717, 1.165) is 22.3 Å². The van der Waals surface area contributed by atoms with Gasteiger partial charge in [-0.3, -0.25) is 9.71 Å². The van der Waals surface area contributed by atoms with Gasteiger partial charge < -0.3 is 4.74 Å². The minimum Gasteiger partial charge on any atom is -0.497 e. The third-order valence-corrected chi connectivity index (χ3v) is 6.89. The maximum atomic E-state index is 13.3. The van der Waals surface area contributed by atoms with Gasteiger partial charge in [-0.1, -0.05) is 36.4 Å². The minimum absolute atomic E-state index is 0.522. The highest BCUT2D eigenvalue weighted by molar-refractivity contribution is 7.93. The number of methoxy groups -OCH3 is 1. The third-order valence-electron chi connectivity index (χ3n) is 5.25. The van der Waals surface area contributed by atoms with Crippen molar-refractivity contribution in [3.05, 3.63) is 102 Å². The number of hydrogen-bond donors (Lipinski definition) is 1. The molecule has 1 heterocycles. The van der Waals surface area contributed by atoms with Crippen LogP contribution < -0.4 is 9.46 Å². The Bertz CT molecular complexity index is 1180. The molecule has 0 spiro atoms. The van der Waals surface area contributed by atoms with E-state index in [-0.39, 0.29) is 0 Å². The van der Waals surface area contributed by atoms with Crippen molar-refractivity contribution in [2.45, 2.75) is 19.1 Å². The monoisotopic (exact) mass is 434 g/mol. The summed E-state index contributed by atoms with van der Waals surface area (Å²) in [6.45, 7) is 7.74. The van der Waals surface area contributed by atoms with Gasteiger partial charge in [0.1, 0.15) is 11.0 Å². The van der Waals surface area contributed by atoms with E-state index in [1.165, 1.54) is 6.08 Å². The fourth-order valence-electron chi connectivity index (χ4n) is 3.37. The minimum atomic E-state index is -3.79. The molecule has 3 aromatic rings. The Kier molecular flexibility index (Phi) is 6.92. The van der Waals surface area contributed by atoms with Crippen LogP contribution in [0.1, 0.15) is 35.8 Å². The number of pyridine rings is 1. The smallest absolute Gasteiger partial charge is 0.243 e. The second-order valence-electron chi connectivity index (χ2n) is 7.11. The SMILES string of the molecule is C=CC(c1ccc(OC)cc1)S(=O)(=O)Nc1ccccc1C(C)=C(C)c1ccncc1. The molecule has 0 saturated heterocycles. The normalized spacial score (nSPS) is 13.1. The maximum absolute atomic E-state index is 13.3. The lowest BCUT2D eigenvalue weighted by atomic mass is 9.97. The van der Waals surface area contributed by atoms with Gasteiger partial charge in [-0.25, -0.2) is 8.42 Å². The fourth-order valence-corrected chi connectivity index (χ4v) is 4.75. The van der Waals surface area contributed by atoms with Crippen LogP contribution in [0.15, 0.2) is 85.7 Å². The number of hydrogen-bond acceptors (Lipinski definition) is 4. The zero-order chi connectivity index (χ0) is 22.4. The van der Waals surface area contributed by atoms with Crippen molar-refractivity contribution in [3.63, 3.8) is 0 Å². The highest BCUT2D eigenvalue weighted by Gasteiger charge is 2.25. The summed E-state index contributed by atoms with van der Waals surface area (Å²) in [6, 6.07) is 18.2. The molecule has 1 aromatic heterocycles. The summed E-state index contributed by atoms with van der Waals surface area (Å²) >= 11 is 0. The Hall–Kier alpha value is -3.38. The van der Waals surface area contributed by atoms with Crippen molar-refractivity contribution >= 4 is 26.9 Å². The number of nitrogens with one attached hydrogen (secondary N) is 1. The number of para-hydroxylation sites is 1. The molecule has 3 rings (SSSR count). The quantitative estimate of drug-likeness (QED) is 0.461. The van der Waals surface area contributed by atoms with Gasteiger partial charge in [0.15, 0.2) is 0 Å². The Labute approximate surface area is 184 Å². The van der Waals surface area contributed by atoms with E-state index in [2.05, 4.69) is 16.3 Å².